The van der Waals surface area contributed by atoms with Crippen molar-refractivity contribution in [2.45, 2.75) is 25.7 Å². The predicted octanol–water partition coefficient (Wildman–Crippen LogP) is 3.46. The molecule has 29 heavy (non-hydrogen) atoms. The summed E-state index contributed by atoms with van der Waals surface area (Å²) in [5.74, 6) is 0.533. The minimum atomic E-state index is -0.0393. The van der Waals surface area contributed by atoms with Gasteiger partial charge in [-0.2, -0.15) is 0 Å². The fourth-order valence-electron chi connectivity index (χ4n) is 3.27. The molecule has 0 aliphatic carbocycles. The number of nitrogens with two attached hydrogens (primary N) is 1. The molecule has 3 aromatic rings. The molecule has 2 aromatic carbocycles. The van der Waals surface area contributed by atoms with Crippen molar-refractivity contribution in [3.63, 3.8) is 0 Å². The van der Waals surface area contributed by atoms with Gasteiger partial charge in [-0.25, -0.2) is 4.68 Å². The summed E-state index contributed by atoms with van der Waals surface area (Å²) in [5, 5.41) is 6.99. The van der Waals surface area contributed by atoms with Crippen molar-refractivity contribution >= 4 is 28.8 Å². The second-order valence-corrected chi connectivity index (χ2v) is 7.31. The Labute approximate surface area is 176 Å². The lowest BCUT2D eigenvalue weighted by molar-refractivity contribution is 0.653. The van der Waals surface area contributed by atoms with E-state index < -0.39 is 0 Å². The first-order valence-electron chi connectivity index (χ1n) is 9.79. The van der Waals surface area contributed by atoms with Crippen LogP contribution in [0.4, 0.5) is 11.5 Å². The molecule has 0 spiro atoms. The molecule has 0 fully saturated rings. The van der Waals surface area contributed by atoms with E-state index in [1.165, 1.54) is 0 Å². The highest BCUT2D eigenvalue weighted by atomic mass is 32.1. The molecule has 4 N–H and O–H groups in total. The van der Waals surface area contributed by atoms with Crippen molar-refractivity contribution in [3.05, 3.63) is 76.6 Å². The number of nitrogen functional groups attached to an aromatic ring is 1. The highest BCUT2D eigenvalue weighted by Gasteiger charge is 2.16. The Balaban J connectivity index is 1.45. The SMILES string of the molecule is Cn1c(N)c(CCCCCNC(=S)Nc2ccccc2)c(=O)n1-c1ccccc1. The molecule has 0 saturated carbocycles. The third-order valence-electron chi connectivity index (χ3n) is 4.83. The first-order valence-corrected chi connectivity index (χ1v) is 10.2. The van der Waals surface area contributed by atoms with Crippen LogP contribution in [0.1, 0.15) is 24.8 Å². The maximum atomic E-state index is 12.8. The average molecular weight is 410 g/mol. The van der Waals surface area contributed by atoms with Gasteiger partial charge in [-0.15, -0.1) is 0 Å². The van der Waals surface area contributed by atoms with Crippen LogP contribution in [-0.2, 0) is 13.5 Å². The molecule has 0 saturated heterocycles. The molecule has 0 unspecified atom stereocenters. The Hall–Kier alpha value is -3.06. The fraction of sp³-hybridized carbons (Fsp3) is 0.273. The highest BCUT2D eigenvalue weighted by Crippen LogP contribution is 2.15. The number of anilines is 2. The quantitative estimate of drug-likeness (QED) is 0.392. The summed E-state index contributed by atoms with van der Waals surface area (Å²) in [6.45, 7) is 0.789. The first-order chi connectivity index (χ1) is 14.1. The lowest BCUT2D eigenvalue weighted by Gasteiger charge is -2.10. The van der Waals surface area contributed by atoms with Crippen LogP contribution in [0.25, 0.3) is 5.69 Å². The number of rotatable bonds is 8. The molecular weight excluding hydrogens is 382 g/mol. The smallest absolute Gasteiger partial charge is 0.276 e. The zero-order valence-corrected chi connectivity index (χ0v) is 17.4. The number of hydrogen-bond donors (Lipinski definition) is 3. The van der Waals surface area contributed by atoms with Gasteiger partial charge in [-0.3, -0.25) is 9.48 Å². The number of aromatic nitrogens is 2. The molecule has 7 heteroatoms. The van der Waals surface area contributed by atoms with Gasteiger partial charge in [0.2, 0.25) is 0 Å². The second-order valence-electron chi connectivity index (χ2n) is 6.90. The molecule has 1 heterocycles. The van der Waals surface area contributed by atoms with Crippen LogP contribution in [-0.4, -0.2) is 21.0 Å². The normalized spacial score (nSPS) is 10.7. The Morgan fingerprint density at radius 2 is 1.66 bits per heavy atom. The van der Waals surface area contributed by atoms with Crippen LogP contribution >= 0.6 is 12.2 Å². The van der Waals surface area contributed by atoms with Gasteiger partial charge in [0.1, 0.15) is 5.82 Å². The van der Waals surface area contributed by atoms with Gasteiger partial charge in [0.15, 0.2) is 5.11 Å². The minimum absolute atomic E-state index is 0.0393. The summed E-state index contributed by atoms with van der Waals surface area (Å²) in [4.78, 5) is 12.8. The largest absolute Gasteiger partial charge is 0.384 e. The van der Waals surface area contributed by atoms with Gasteiger partial charge in [0.05, 0.1) is 11.3 Å². The van der Waals surface area contributed by atoms with Gasteiger partial charge in [-0.05, 0) is 55.7 Å². The van der Waals surface area contributed by atoms with Crippen LogP contribution in [0.5, 0.6) is 0 Å². The summed E-state index contributed by atoms with van der Waals surface area (Å²) in [6.07, 6.45) is 3.53. The van der Waals surface area contributed by atoms with E-state index in [-0.39, 0.29) is 5.56 Å². The van der Waals surface area contributed by atoms with E-state index in [9.17, 15) is 4.79 Å². The molecule has 0 bridgehead atoms. The molecule has 0 atom stereocenters. The van der Waals surface area contributed by atoms with Crippen molar-refractivity contribution < 1.29 is 0 Å². The van der Waals surface area contributed by atoms with Crippen LogP contribution in [0.2, 0.25) is 0 Å². The molecule has 1 aromatic heterocycles. The highest BCUT2D eigenvalue weighted by molar-refractivity contribution is 7.80. The van der Waals surface area contributed by atoms with E-state index in [0.717, 1.165) is 37.2 Å². The first kappa shape index (κ1) is 20.7. The van der Waals surface area contributed by atoms with E-state index in [1.54, 1.807) is 9.36 Å². The summed E-state index contributed by atoms with van der Waals surface area (Å²) in [5.41, 5.74) is 8.64. The van der Waals surface area contributed by atoms with Crippen LogP contribution in [0, 0.1) is 0 Å². The van der Waals surface area contributed by atoms with Crippen molar-refractivity contribution in [2.24, 2.45) is 7.05 Å². The lowest BCUT2D eigenvalue weighted by Crippen LogP contribution is -2.29. The van der Waals surface area contributed by atoms with E-state index in [2.05, 4.69) is 10.6 Å². The third-order valence-corrected chi connectivity index (χ3v) is 5.08. The summed E-state index contributed by atoms with van der Waals surface area (Å²) >= 11 is 5.30. The minimum Gasteiger partial charge on any atom is -0.384 e. The standard InChI is InChI=1S/C22H27N5OS/c1-26-20(23)19(21(28)27(26)18-13-7-3-8-14-18)15-9-4-10-16-24-22(29)25-17-11-5-2-6-12-17/h2-3,5-8,11-14H,4,9-10,15-16,23H2,1H3,(H2,24,25,29). The van der Waals surface area contributed by atoms with Crippen molar-refractivity contribution in [1.82, 2.24) is 14.7 Å². The fourth-order valence-corrected chi connectivity index (χ4v) is 3.49. The average Bonchev–Trinajstić information content (AvgIpc) is 2.94. The maximum Gasteiger partial charge on any atom is 0.276 e. The van der Waals surface area contributed by atoms with E-state index >= 15 is 0 Å². The number of thiocarbonyl (C=S) groups is 1. The van der Waals surface area contributed by atoms with Gasteiger partial charge in [-0.1, -0.05) is 42.8 Å². The molecule has 0 radical (unpaired) electrons. The number of hydrogen-bond acceptors (Lipinski definition) is 3. The van der Waals surface area contributed by atoms with Crippen molar-refractivity contribution in [1.29, 1.82) is 0 Å². The van der Waals surface area contributed by atoms with E-state index in [0.29, 0.717) is 22.9 Å². The molecule has 0 aliphatic rings. The number of nitrogens with one attached hydrogen (secondary N) is 2. The number of benzene rings is 2. The zero-order valence-electron chi connectivity index (χ0n) is 16.6. The van der Waals surface area contributed by atoms with Gasteiger partial charge in [0, 0.05) is 19.3 Å². The number of nitrogens with zero attached hydrogens (tertiary/aromatic N) is 2. The van der Waals surface area contributed by atoms with Crippen molar-refractivity contribution in [2.75, 3.05) is 17.6 Å². The van der Waals surface area contributed by atoms with Crippen LogP contribution < -0.4 is 21.9 Å². The second kappa shape index (κ2) is 9.93. The molecule has 3 rings (SSSR count). The summed E-state index contributed by atoms with van der Waals surface area (Å²) in [7, 11) is 1.82. The van der Waals surface area contributed by atoms with Crippen molar-refractivity contribution in [3.8, 4) is 5.69 Å². The molecule has 152 valence electrons. The molecule has 0 amide bonds. The monoisotopic (exact) mass is 409 g/mol. The molecule has 6 nitrogen and oxygen atoms in total. The zero-order chi connectivity index (χ0) is 20.6. The van der Waals surface area contributed by atoms with Gasteiger partial charge in [0.25, 0.3) is 5.56 Å². The Kier molecular flexibility index (Phi) is 7.08. The van der Waals surface area contributed by atoms with E-state index in [4.69, 9.17) is 18.0 Å². The Bertz CT molecular complexity index is 995. The maximum absolute atomic E-state index is 12.8. The molecule has 0 aliphatic heterocycles. The van der Waals surface area contributed by atoms with E-state index in [1.807, 2.05) is 67.7 Å². The lowest BCUT2D eigenvalue weighted by atomic mass is 10.1. The van der Waals surface area contributed by atoms with Gasteiger partial charge >= 0.3 is 0 Å². The summed E-state index contributed by atoms with van der Waals surface area (Å²) < 4.78 is 3.35. The topological polar surface area (TPSA) is 77.0 Å². The Morgan fingerprint density at radius 1 is 1.00 bits per heavy atom. The van der Waals surface area contributed by atoms with Crippen LogP contribution in [0.15, 0.2) is 65.5 Å². The van der Waals surface area contributed by atoms with Crippen LogP contribution in [0.3, 0.4) is 0 Å². The van der Waals surface area contributed by atoms with Gasteiger partial charge < -0.3 is 16.4 Å². The predicted molar refractivity (Wildman–Crippen MR) is 124 cm³/mol. The third kappa shape index (κ3) is 5.26. The summed E-state index contributed by atoms with van der Waals surface area (Å²) in [6, 6.07) is 19.4. The number of unbranched alkanes of at least 4 members (excludes halogenated alkanes) is 2. The number of para-hydroxylation sites is 2. The molecular formula is C22H27N5OS. The Morgan fingerprint density at radius 3 is 2.34 bits per heavy atom.